The largest absolute Gasteiger partial charge is 0.297 e. The summed E-state index contributed by atoms with van der Waals surface area (Å²) in [6.07, 6.45) is 1.98. The third-order valence-electron chi connectivity index (χ3n) is 2.02. The van der Waals surface area contributed by atoms with Gasteiger partial charge in [-0.15, -0.1) is 11.8 Å². The highest BCUT2D eigenvalue weighted by Gasteiger charge is 2.30. The molecule has 2 nitrogen and oxygen atoms in total. The van der Waals surface area contributed by atoms with Gasteiger partial charge >= 0.3 is 0 Å². The molecular formula is C8H8N2S2. The van der Waals surface area contributed by atoms with Crippen molar-refractivity contribution in [3.8, 4) is 6.07 Å². The minimum Gasteiger partial charge on any atom is -0.297 e. The Hall–Kier alpha value is -0.400. The van der Waals surface area contributed by atoms with Crippen molar-refractivity contribution in [3.63, 3.8) is 0 Å². The molecule has 1 fully saturated rings. The van der Waals surface area contributed by atoms with Crippen LogP contribution in [0.3, 0.4) is 0 Å². The maximum absolute atomic E-state index is 8.73. The van der Waals surface area contributed by atoms with Crippen molar-refractivity contribution in [1.82, 2.24) is 0 Å². The van der Waals surface area contributed by atoms with Crippen molar-refractivity contribution in [3.05, 3.63) is 11.6 Å². The van der Waals surface area contributed by atoms with Crippen molar-refractivity contribution in [2.24, 2.45) is 5.92 Å². The fraction of sp³-hybridized carbons (Fsp3) is 0.500. The monoisotopic (exact) mass is 196 g/mol. The van der Waals surface area contributed by atoms with Crippen LogP contribution in [0.5, 0.6) is 0 Å². The molecule has 0 amide bonds. The Morgan fingerprint density at radius 3 is 3.25 bits per heavy atom. The van der Waals surface area contributed by atoms with E-state index in [-0.39, 0.29) is 5.92 Å². The zero-order chi connectivity index (χ0) is 8.55. The summed E-state index contributed by atoms with van der Waals surface area (Å²) in [7, 11) is 0. The van der Waals surface area contributed by atoms with E-state index < -0.39 is 0 Å². The summed E-state index contributed by atoms with van der Waals surface area (Å²) in [5, 5.41) is 17.3. The average molecular weight is 196 g/mol. The molecule has 0 saturated carbocycles. The molecule has 1 saturated heterocycles. The minimum absolute atomic E-state index is 0.264. The van der Waals surface area contributed by atoms with Gasteiger partial charge in [0.15, 0.2) is 0 Å². The third-order valence-corrected chi connectivity index (χ3v) is 4.60. The van der Waals surface area contributed by atoms with Crippen LogP contribution in [0.2, 0.25) is 0 Å². The van der Waals surface area contributed by atoms with Crippen LogP contribution >= 0.6 is 23.5 Å². The number of allylic oxidation sites excluding steroid dienone is 1. The summed E-state index contributed by atoms with van der Waals surface area (Å²) >= 11 is 3.46. The Morgan fingerprint density at radius 2 is 2.50 bits per heavy atom. The number of hydrogen-bond acceptors (Lipinski definition) is 4. The SMILES string of the molecule is N#C[C@H]1C=C2CSC[C@@H]2SC1=N. The Morgan fingerprint density at radius 1 is 1.67 bits per heavy atom. The summed E-state index contributed by atoms with van der Waals surface area (Å²) < 4.78 is 0. The lowest BCUT2D eigenvalue weighted by atomic mass is 10.1. The summed E-state index contributed by atoms with van der Waals surface area (Å²) in [5.41, 5.74) is 1.37. The highest BCUT2D eigenvalue weighted by Crippen LogP contribution is 2.39. The molecule has 0 spiro atoms. The molecule has 0 radical (unpaired) electrons. The van der Waals surface area contributed by atoms with E-state index in [9.17, 15) is 0 Å². The molecule has 0 aliphatic carbocycles. The van der Waals surface area contributed by atoms with Gasteiger partial charge < -0.3 is 0 Å². The lowest BCUT2D eigenvalue weighted by molar-refractivity contribution is 1.06. The average Bonchev–Trinajstić information content (AvgIpc) is 2.49. The van der Waals surface area contributed by atoms with Gasteiger partial charge in [0, 0.05) is 16.8 Å². The first kappa shape index (κ1) is 8.21. The van der Waals surface area contributed by atoms with Crippen molar-refractivity contribution >= 4 is 28.6 Å². The molecule has 0 aromatic heterocycles. The molecule has 2 rings (SSSR count). The highest BCUT2D eigenvalue weighted by molar-refractivity contribution is 8.15. The smallest absolute Gasteiger partial charge is 0.112 e. The van der Waals surface area contributed by atoms with Crippen LogP contribution in [0, 0.1) is 22.7 Å². The Kier molecular flexibility index (Phi) is 2.16. The number of nitrogens with one attached hydrogen (secondary N) is 1. The molecule has 0 unspecified atom stereocenters. The van der Waals surface area contributed by atoms with E-state index in [1.54, 1.807) is 11.8 Å². The van der Waals surface area contributed by atoms with Crippen molar-refractivity contribution in [2.75, 3.05) is 11.5 Å². The molecule has 62 valence electrons. The molecule has 0 bridgehead atoms. The van der Waals surface area contributed by atoms with Crippen LogP contribution in [-0.2, 0) is 0 Å². The van der Waals surface area contributed by atoms with Crippen LogP contribution in [0.25, 0.3) is 0 Å². The van der Waals surface area contributed by atoms with E-state index in [2.05, 4.69) is 6.07 Å². The van der Waals surface area contributed by atoms with E-state index in [4.69, 9.17) is 10.7 Å². The molecule has 0 aromatic rings. The van der Waals surface area contributed by atoms with E-state index in [1.807, 2.05) is 17.8 Å². The lowest BCUT2D eigenvalue weighted by Gasteiger charge is -2.19. The van der Waals surface area contributed by atoms with Gasteiger partial charge in [-0.2, -0.15) is 17.0 Å². The molecule has 2 aliphatic heterocycles. The van der Waals surface area contributed by atoms with Crippen molar-refractivity contribution in [2.45, 2.75) is 5.25 Å². The van der Waals surface area contributed by atoms with Gasteiger partial charge in [0.05, 0.1) is 11.1 Å². The molecule has 1 N–H and O–H groups in total. The Labute approximate surface area is 79.9 Å². The van der Waals surface area contributed by atoms with E-state index in [1.165, 1.54) is 5.57 Å². The van der Waals surface area contributed by atoms with Gasteiger partial charge in [-0.25, -0.2) is 0 Å². The first-order valence-corrected chi connectivity index (χ1v) is 5.77. The quantitative estimate of drug-likeness (QED) is 0.602. The summed E-state index contributed by atoms with van der Waals surface area (Å²) in [4.78, 5) is 0. The second kappa shape index (κ2) is 3.15. The van der Waals surface area contributed by atoms with E-state index >= 15 is 0 Å². The number of nitriles is 1. The number of rotatable bonds is 0. The number of fused-ring (bicyclic) bond motifs is 1. The molecule has 2 heterocycles. The van der Waals surface area contributed by atoms with Gasteiger partial charge in [0.25, 0.3) is 0 Å². The normalized spacial score (nSPS) is 33.9. The molecule has 2 atom stereocenters. The summed E-state index contributed by atoms with van der Waals surface area (Å²) in [5.74, 6) is 1.90. The van der Waals surface area contributed by atoms with Crippen LogP contribution in [0.4, 0.5) is 0 Å². The molecule has 2 aliphatic rings. The fourth-order valence-corrected chi connectivity index (χ4v) is 3.99. The standard InChI is InChI=1S/C8H8N2S2/c9-2-5-1-6-3-11-4-7(6)12-8(5)10/h1,5,7,10H,3-4H2/t5-,7+/m1/s1. The summed E-state index contributed by atoms with van der Waals surface area (Å²) in [6, 6.07) is 2.14. The van der Waals surface area contributed by atoms with Gasteiger partial charge in [-0.3, -0.25) is 5.41 Å². The number of hydrogen-bond donors (Lipinski definition) is 1. The Bertz CT molecular complexity index is 290. The molecular weight excluding hydrogens is 188 g/mol. The predicted molar refractivity (Wildman–Crippen MR) is 53.6 cm³/mol. The zero-order valence-corrected chi connectivity index (χ0v) is 8.04. The minimum atomic E-state index is -0.264. The second-order valence-electron chi connectivity index (χ2n) is 2.83. The van der Waals surface area contributed by atoms with Crippen LogP contribution in [0.1, 0.15) is 0 Å². The number of nitrogens with zero attached hydrogens (tertiary/aromatic N) is 1. The van der Waals surface area contributed by atoms with E-state index in [0.717, 1.165) is 11.5 Å². The van der Waals surface area contributed by atoms with Gasteiger partial charge in [0.1, 0.15) is 5.92 Å². The topological polar surface area (TPSA) is 47.6 Å². The summed E-state index contributed by atoms with van der Waals surface area (Å²) in [6.45, 7) is 0. The van der Waals surface area contributed by atoms with Gasteiger partial charge in [-0.1, -0.05) is 6.08 Å². The molecule has 0 aromatic carbocycles. The maximum Gasteiger partial charge on any atom is 0.112 e. The molecule has 4 heteroatoms. The Balaban J connectivity index is 2.27. The van der Waals surface area contributed by atoms with Gasteiger partial charge in [0.2, 0.25) is 0 Å². The molecule has 12 heavy (non-hydrogen) atoms. The fourth-order valence-electron chi connectivity index (χ4n) is 1.36. The third kappa shape index (κ3) is 1.27. The van der Waals surface area contributed by atoms with Crippen molar-refractivity contribution in [1.29, 1.82) is 10.7 Å². The predicted octanol–water partition coefficient (Wildman–Crippen LogP) is 1.89. The maximum atomic E-state index is 8.73. The van der Waals surface area contributed by atoms with Crippen LogP contribution < -0.4 is 0 Å². The first-order chi connectivity index (χ1) is 5.81. The first-order valence-electron chi connectivity index (χ1n) is 3.74. The van der Waals surface area contributed by atoms with Crippen LogP contribution in [0.15, 0.2) is 11.6 Å². The van der Waals surface area contributed by atoms with E-state index in [0.29, 0.717) is 10.3 Å². The lowest BCUT2D eigenvalue weighted by Crippen LogP contribution is -2.19. The second-order valence-corrected chi connectivity index (χ2v) is 5.11. The highest BCUT2D eigenvalue weighted by atomic mass is 32.2. The van der Waals surface area contributed by atoms with Gasteiger partial charge in [-0.05, 0) is 5.57 Å². The van der Waals surface area contributed by atoms with Crippen molar-refractivity contribution < 1.29 is 0 Å². The zero-order valence-electron chi connectivity index (χ0n) is 6.41. The number of thioether (sulfide) groups is 2. The van der Waals surface area contributed by atoms with Crippen LogP contribution in [-0.4, -0.2) is 21.8 Å².